The Morgan fingerprint density at radius 3 is 2.81 bits per heavy atom. The third-order valence-corrected chi connectivity index (χ3v) is 5.05. The first-order chi connectivity index (χ1) is 13.2. The first kappa shape index (κ1) is 19.4. The number of rotatable bonds is 8. The molecule has 1 aliphatic heterocycles. The first-order valence-electron chi connectivity index (χ1n) is 9.77. The maximum atomic E-state index is 12.8. The van der Waals surface area contributed by atoms with Crippen LogP contribution in [0.3, 0.4) is 0 Å². The van der Waals surface area contributed by atoms with Crippen molar-refractivity contribution in [2.24, 2.45) is 5.92 Å². The van der Waals surface area contributed by atoms with E-state index < -0.39 is 0 Å². The molecule has 0 aliphatic carbocycles. The molecular weight excluding hydrogens is 338 g/mol. The Bertz CT molecular complexity index is 715. The Morgan fingerprint density at radius 2 is 2.07 bits per heavy atom. The molecule has 1 fully saturated rings. The summed E-state index contributed by atoms with van der Waals surface area (Å²) in [6, 6.07) is 14.0. The topological polar surface area (TPSA) is 54.5 Å². The number of hydrogen-bond acceptors (Lipinski definition) is 3. The first-order valence-corrected chi connectivity index (χ1v) is 9.77. The molecule has 0 saturated carbocycles. The van der Waals surface area contributed by atoms with E-state index in [1.165, 1.54) is 0 Å². The number of amides is 2. The zero-order valence-electron chi connectivity index (χ0n) is 16.1. The van der Waals surface area contributed by atoms with Crippen LogP contribution in [0.5, 0.6) is 0 Å². The van der Waals surface area contributed by atoms with Gasteiger partial charge in [-0.05, 0) is 49.3 Å². The third kappa shape index (κ3) is 6.07. The maximum Gasteiger partial charge on any atom is 0.318 e. The molecule has 1 saturated heterocycles. The summed E-state index contributed by atoms with van der Waals surface area (Å²) in [5.41, 5.74) is 3.15. The normalized spacial score (nSPS) is 16.3. The van der Waals surface area contributed by atoms with E-state index in [1.807, 2.05) is 54.3 Å². The summed E-state index contributed by atoms with van der Waals surface area (Å²) in [5.74, 6) is 0.651. The maximum absolute atomic E-state index is 12.8. The molecule has 27 heavy (non-hydrogen) atoms. The molecule has 1 atom stereocenters. The van der Waals surface area contributed by atoms with Crippen LogP contribution in [0.4, 0.5) is 4.79 Å². The molecule has 1 aromatic heterocycles. The van der Waals surface area contributed by atoms with Crippen LogP contribution in [0.25, 0.3) is 0 Å². The van der Waals surface area contributed by atoms with E-state index in [4.69, 9.17) is 4.74 Å². The van der Waals surface area contributed by atoms with Crippen molar-refractivity contribution >= 4 is 6.03 Å². The number of urea groups is 1. The van der Waals surface area contributed by atoms with E-state index >= 15 is 0 Å². The number of hydrogen-bond donors (Lipinski definition) is 1. The van der Waals surface area contributed by atoms with Gasteiger partial charge in [-0.15, -0.1) is 0 Å². The monoisotopic (exact) mass is 367 g/mol. The van der Waals surface area contributed by atoms with Gasteiger partial charge in [0.25, 0.3) is 0 Å². The summed E-state index contributed by atoms with van der Waals surface area (Å²) in [6.07, 6.45) is 5.03. The van der Waals surface area contributed by atoms with Crippen LogP contribution in [0.2, 0.25) is 0 Å². The molecule has 2 aromatic rings. The van der Waals surface area contributed by atoms with Gasteiger partial charge < -0.3 is 15.0 Å². The molecule has 5 heteroatoms. The summed E-state index contributed by atoms with van der Waals surface area (Å²) in [7, 11) is 0. The average molecular weight is 367 g/mol. The summed E-state index contributed by atoms with van der Waals surface area (Å²) < 4.78 is 5.41. The second kappa shape index (κ2) is 10.1. The molecule has 3 rings (SSSR count). The predicted octanol–water partition coefficient (Wildman–Crippen LogP) is 3.92. The van der Waals surface area contributed by atoms with Gasteiger partial charge in [0.05, 0.1) is 12.2 Å². The van der Waals surface area contributed by atoms with Gasteiger partial charge in [0.2, 0.25) is 0 Å². The molecule has 5 nitrogen and oxygen atoms in total. The van der Waals surface area contributed by atoms with Crippen molar-refractivity contribution < 1.29 is 9.53 Å². The number of ether oxygens (including phenoxy) is 1. The van der Waals surface area contributed by atoms with Gasteiger partial charge in [0.1, 0.15) is 0 Å². The predicted molar refractivity (Wildman–Crippen MR) is 106 cm³/mol. The van der Waals surface area contributed by atoms with Crippen molar-refractivity contribution in [1.29, 1.82) is 0 Å². The summed E-state index contributed by atoms with van der Waals surface area (Å²) in [4.78, 5) is 19.1. The van der Waals surface area contributed by atoms with Gasteiger partial charge in [-0.1, -0.05) is 36.4 Å². The second-order valence-electron chi connectivity index (χ2n) is 7.21. The lowest BCUT2D eigenvalue weighted by molar-refractivity contribution is 0.182. The van der Waals surface area contributed by atoms with Gasteiger partial charge >= 0.3 is 6.03 Å². The molecule has 0 radical (unpaired) electrons. The fraction of sp³-hybridized carbons (Fsp3) is 0.455. The van der Waals surface area contributed by atoms with Crippen LogP contribution in [-0.2, 0) is 17.8 Å². The SMILES string of the molecule is Cc1cccnc1CN(Cc1ccccc1)C(=O)NCCC[C@H]1CCOC1. The molecule has 0 bridgehead atoms. The number of benzene rings is 1. The number of carbonyl (C=O) groups excluding carboxylic acids is 1. The Morgan fingerprint density at radius 1 is 1.22 bits per heavy atom. The zero-order chi connectivity index (χ0) is 18.9. The summed E-state index contributed by atoms with van der Waals surface area (Å²) in [6.45, 7) is 5.55. The standard InChI is InChI=1S/C22H29N3O2/c1-18-7-5-12-23-21(18)16-25(15-19-8-3-2-4-9-19)22(26)24-13-6-10-20-11-14-27-17-20/h2-5,7-9,12,20H,6,10-11,13-17H2,1H3,(H,24,26)/t20-/m0/s1. The molecule has 2 amide bonds. The number of nitrogens with zero attached hydrogens (tertiary/aromatic N) is 2. The molecule has 1 aliphatic rings. The second-order valence-corrected chi connectivity index (χ2v) is 7.21. The van der Waals surface area contributed by atoms with Gasteiger partial charge in [0, 0.05) is 32.5 Å². The minimum absolute atomic E-state index is 0.0356. The minimum atomic E-state index is -0.0356. The number of carbonyl (C=O) groups is 1. The molecular formula is C22H29N3O2. The van der Waals surface area contributed by atoms with Crippen molar-refractivity contribution in [1.82, 2.24) is 15.2 Å². The Balaban J connectivity index is 1.57. The Hall–Kier alpha value is -2.40. The van der Waals surface area contributed by atoms with Gasteiger partial charge in [-0.25, -0.2) is 4.79 Å². The van der Waals surface area contributed by atoms with Gasteiger partial charge in [-0.3, -0.25) is 4.98 Å². The Labute approximate surface area is 161 Å². The quantitative estimate of drug-likeness (QED) is 0.720. The lowest BCUT2D eigenvalue weighted by atomic mass is 10.0. The van der Waals surface area contributed by atoms with Crippen molar-refractivity contribution in [3.63, 3.8) is 0 Å². The fourth-order valence-corrected chi connectivity index (χ4v) is 3.38. The van der Waals surface area contributed by atoms with Crippen LogP contribution < -0.4 is 5.32 Å². The largest absolute Gasteiger partial charge is 0.381 e. The van der Waals surface area contributed by atoms with E-state index in [9.17, 15) is 4.79 Å². The lowest BCUT2D eigenvalue weighted by Crippen LogP contribution is -2.40. The van der Waals surface area contributed by atoms with Crippen LogP contribution in [-0.4, -0.2) is 35.7 Å². The highest BCUT2D eigenvalue weighted by atomic mass is 16.5. The summed E-state index contributed by atoms with van der Waals surface area (Å²) in [5, 5.41) is 3.09. The van der Waals surface area contributed by atoms with Crippen LogP contribution in [0.1, 0.15) is 36.1 Å². The van der Waals surface area contributed by atoms with Crippen molar-refractivity contribution in [3.8, 4) is 0 Å². The molecule has 1 aromatic carbocycles. The lowest BCUT2D eigenvalue weighted by Gasteiger charge is -2.24. The van der Waals surface area contributed by atoms with E-state index in [-0.39, 0.29) is 6.03 Å². The van der Waals surface area contributed by atoms with E-state index in [1.54, 1.807) is 6.20 Å². The van der Waals surface area contributed by atoms with E-state index in [2.05, 4.69) is 10.3 Å². The summed E-state index contributed by atoms with van der Waals surface area (Å²) >= 11 is 0. The Kier molecular flexibility index (Phi) is 7.22. The van der Waals surface area contributed by atoms with Crippen molar-refractivity contribution in [3.05, 3.63) is 65.5 Å². The highest BCUT2D eigenvalue weighted by molar-refractivity contribution is 5.74. The molecule has 2 heterocycles. The minimum Gasteiger partial charge on any atom is -0.381 e. The van der Waals surface area contributed by atoms with E-state index in [0.29, 0.717) is 25.6 Å². The average Bonchev–Trinajstić information content (AvgIpc) is 3.20. The molecule has 0 spiro atoms. The van der Waals surface area contributed by atoms with Crippen molar-refractivity contribution in [2.75, 3.05) is 19.8 Å². The van der Waals surface area contributed by atoms with E-state index in [0.717, 1.165) is 49.3 Å². The third-order valence-electron chi connectivity index (χ3n) is 5.05. The zero-order valence-corrected chi connectivity index (χ0v) is 16.1. The molecule has 144 valence electrons. The number of nitrogens with one attached hydrogen (secondary N) is 1. The number of aromatic nitrogens is 1. The fourth-order valence-electron chi connectivity index (χ4n) is 3.38. The number of pyridine rings is 1. The van der Waals surface area contributed by atoms with Crippen molar-refractivity contribution in [2.45, 2.75) is 39.3 Å². The highest BCUT2D eigenvalue weighted by Crippen LogP contribution is 2.17. The van der Waals surface area contributed by atoms with Gasteiger partial charge in [0.15, 0.2) is 0 Å². The smallest absolute Gasteiger partial charge is 0.318 e. The van der Waals surface area contributed by atoms with Crippen LogP contribution >= 0.6 is 0 Å². The van der Waals surface area contributed by atoms with Gasteiger partial charge in [-0.2, -0.15) is 0 Å². The molecule has 0 unspecified atom stereocenters. The van der Waals surface area contributed by atoms with Crippen LogP contribution in [0.15, 0.2) is 48.7 Å². The van der Waals surface area contributed by atoms with Crippen LogP contribution in [0, 0.1) is 12.8 Å². The number of aryl methyl sites for hydroxylation is 1. The molecule has 1 N–H and O–H groups in total. The highest BCUT2D eigenvalue weighted by Gasteiger charge is 2.17.